The van der Waals surface area contributed by atoms with Gasteiger partial charge in [0.15, 0.2) is 0 Å². The van der Waals surface area contributed by atoms with E-state index in [1.165, 1.54) is 11.3 Å². The van der Waals surface area contributed by atoms with E-state index in [2.05, 4.69) is 20.4 Å². The van der Waals surface area contributed by atoms with Crippen LogP contribution in [0, 0.1) is 17.0 Å². The third-order valence-electron chi connectivity index (χ3n) is 2.73. The van der Waals surface area contributed by atoms with Crippen LogP contribution >= 0.6 is 11.3 Å². The molecule has 0 fully saturated rings. The zero-order valence-corrected chi connectivity index (χ0v) is 13.1. The van der Waals surface area contributed by atoms with Crippen molar-refractivity contribution in [3.05, 3.63) is 44.4 Å². The molecule has 0 unspecified atom stereocenters. The molecule has 2 N–H and O–H groups in total. The van der Waals surface area contributed by atoms with Gasteiger partial charge in [0.05, 0.1) is 22.2 Å². The summed E-state index contributed by atoms with van der Waals surface area (Å²) >= 11 is 1.39. The first kappa shape index (κ1) is 17.5. The van der Waals surface area contributed by atoms with Gasteiger partial charge in [0.2, 0.25) is 0 Å². The Morgan fingerprint density at radius 2 is 2.25 bits per heavy atom. The lowest BCUT2D eigenvalue weighted by molar-refractivity contribution is -0.384. The quantitative estimate of drug-likeness (QED) is 0.609. The van der Waals surface area contributed by atoms with E-state index in [0.29, 0.717) is 0 Å². The number of aromatic nitrogens is 1. The summed E-state index contributed by atoms with van der Waals surface area (Å²) in [5.41, 5.74) is -0.604. The lowest BCUT2D eigenvalue weighted by Crippen LogP contribution is -2.28. The van der Waals surface area contributed by atoms with Crippen LogP contribution in [0.3, 0.4) is 0 Å². The molecule has 2 rings (SSSR count). The number of anilines is 1. The number of halogens is 2. The second-order valence-corrected chi connectivity index (χ2v) is 5.79. The Labute approximate surface area is 138 Å². The summed E-state index contributed by atoms with van der Waals surface area (Å²) < 4.78 is 29.0. The van der Waals surface area contributed by atoms with E-state index in [1.807, 2.05) is 6.92 Å². The third-order valence-corrected chi connectivity index (χ3v) is 3.64. The summed E-state index contributed by atoms with van der Waals surface area (Å²) in [4.78, 5) is 26.7. The maximum Gasteiger partial charge on any atom is 0.387 e. The van der Waals surface area contributed by atoms with Crippen LogP contribution in [0.4, 0.5) is 25.0 Å². The normalized spacial score (nSPS) is 10.5. The number of rotatable bonds is 6. The number of amides is 2. The summed E-state index contributed by atoms with van der Waals surface area (Å²) in [5, 5.41) is 16.4. The zero-order chi connectivity index (χ0) is 17.7. The minimum absolute atomic E-state index is 0.178. The van der Waals surface area contributed by atoms with Crippen LogP contribution in [0.2, 0.25) is 0 Å². The molecule has 24 heavy (non-hydrogen) atoms. The number of hydrogen-bond donors (Lipinski definition) is 2. The fraction of sp³-hybridized carbons (Fsp3) is 0.231. The Hall–Kier alpha value is -2.82. The maximum atomic E-state index is 12.4. The molecule has 2 amide bonds. The number of aryl methyl sites for hydroxylation is 1. The molecule has 11 heteroatoms. The van der Waals surface area contributed by atoms with Gasteiger partial charge < -0.3 is 15.4 Å². The molecule has 128 valence electrons. The smallest absolute Gasteiger partial charge is 0.387 e. The molecule has 0 radical (unpaired) electrons. The van der Waals surface area contributed by atoms with E-state index in [9.17, 15) is 23.7 Å². The van der Waals surface area contributed by atoms with Crippen molar-refractivity contribution in [3.8, 4) is 5.75 Å². The first-order valence-electron chi connectivity index (χ1n) is 6.54. The van der Waals surface area contributed by atoms with Gasteiger partial charge in [-0.05, 0) is 13.0 Å². The topological polar surface area (TPSA) is 106 Å². The monoisotopic (exact) mass is 358 g/mol. The molecular formula is C13H12F2N4O4S. The standard InChI is InChI=1S/C13H12F2N4O4S/c1-7-16-5-9(24-7)6-17-13(20)18-10-4-8(19(21)22)2-3-11(10)23-12(14)15/h2-5,12H,6H2,1H3,(H2,17,18,20). The van der Waals surface area contributed by atoms with Crippen LogP contribution in [-0.2, 0) is 6.54 Å². The number of ether oxygens (including phenoxy) is 1. The molecule has 1 aromatic heterocycles. The van der Waals surface area contributed by atoms with E-state index in [0.717, 1.165) is 28.1 Å². The van der Waals surface area contributed by atoms with Crippen LogP contribution in [-0.4, -0.2) is 22.5 Å². The van der Waals surface area contributed by atoms with Crippen LogP contribution in [0.1, 0.15) is 9.88 Å². The number of benzene rings is 1. The predicted molar refractivity (Wildman–Crippen MR) is 82.4 cm³/mol. The highest BCUT2D eigenvalue weighted by Crippen LogP contribution is 2.30. The number of carbonyl (C=O) groups excluding carboxylic acids is 1. The highest BCUT2D eigenvalue weighted by molar-refractivity contribution is 7.11. The zero-order valence-electron chi connectivity index (χ0n) is 12.3. The average molecular weight is 358 g/mol. The molecule has 0 saturated carbocycles. The molecule has 0 aliphatic carbocycles. The number of nitrogens with one attached hydrogen (secondary N) is 2. The van der Waals surface area contributed by atoms with Gasteiger partial charge in [0.1, 0.15) is 5.75 Å². The number of nitro benzene ring substituents is 1. The van der Waals surface area contributed by atoms with Crippen LogP contribution in [0.5, 0.6) is 5.75 Å². The first-order chi connectivity index (χ1) is 11.3. The molecular weight excluding hydrogens is 346 g/mol. The van der Waals surface area contributed by atoms with Crippen molar-refractivity contribution >= 4 is 28.7 Å². The van der Waals surface area contributed by atoms with Crippen LogP contribution < -0.4 is 15.4 Å². The van der Waals surface area contributed by atoms with Gasteiger partial charge in [-0.15, -0.1) is 11.3 Å². The van der Waals surface area contributed by atoms with Crippen LogP contribution in [0.25, 0.3) is 0 Å². The second kappa shape index (κ2) is 7.64. The van der Waals surface area contributed by atoms with Gasteiger partial charge in [0.25, 0.3) is 5.69 Å². The van der Waals surface area contributed by atoms with Crippen molar-refractivity contribution < 1.29 is 23.2 Å². The molecule has 8 nitrogen and oxygen atoms in total. The summed E-state index contributed by atoms with van der Waals surface area (Å²) in [5.74, 6) is -0.376. The van der Waals surface area contributed by atoms with Crippen molar-refractivity contribution in [1.82, 2.24) is 10.3 Å². The van der Waals surface area contributed by atoms with E-state index in [-0.39, 0.29) is 23.7 Å². The lowest BCUT2D eigenvalue weighted by atomic mass is 10.2. The van der Waals surface area contributed by atoms with E-state index in [1.54, 1.807) is 6.20 Å². The summed E-state index contributed by atoms with van der Waals surface area (Å²) in [6, 6.07) is 2.21. The molecule has 0 saturated heterocycles. The van der Waals surface area contributed by atoms with E-state index < -0.39 is 17.6 Å². The number of non-ortho nitro benzene ring substituents is 1. The van der Waals surface area contributed by atoms with Gasteiger partial charge in [0, 0.05) is 23.2 Å². The molecule has 0 atom stereocenters. The van der Waals surface area contributed by atoms with Crippen molar-refractivity contribution in [1.29, 1.82) is 0 Å². The second-order valence-electron chi connectivity index (χ2n) is 4.47. The number of nitrogens with zero attached hydrogens (tertiary/aromatic N) is 2. The summed E-state index contributed by atoms with van der Waals surface area (Å²) in [6.45, 7) is -1.14. The Kier molecular flexibility index (Phi) is 5.58. The number of nitro groups is 1. The Morgan fingerprint density at radius 3 is 2.83 bits per heavy atom. The van der Waals surface area contributed by atoms with Gasteiger partial charge in [-0.1, -0.05) is 0 Å². The minimum atomic E-state index is -3.13. The van der Waals surface area contributed by atoms with Crippen molar-refractivity contribution in [2.45, 2.75) is 20.1 Å². The molecule has 1 heterocycles. The molecule has 0 bridgehead atoms. The van der Waals surface area contributed by atoms with Crippen molar-refractivity contribution in [2.75, 3.05) is 5.32 Å². The highest BCUT2D eigenvalue weighted by Gasteiger charge is 2.16. The van der Waals surface area contributed by atoms with Gasteiger partial charge in [-0.25, -0.2) is 9.78 Å². The van der Waals surface area contributed by atoms with Crippen LogP contribution in [0.15, 0.2) is 24.4 Å². The number of thiazole rings is 1. The Bertz CT molecular complexity index is 753. The fourth-order valence-corrected chi connectivity index (χ4v) is 2.48. The molecule has 1 aromatic carbocycles. The molecule has 2 aromatic rings. The van der Waals surface area contributed by atoms with Crippen molar-refractivity contribution in [3.63, 3.8) is 0 Å². The number of hydrogen-bond acceptors (Lipinski definition) is 6. The third kappa shape index (κ3) is 4.84. The largest absolute Gasteiger partial charge is 0.433 e. The first-order valence-corrected chi connectivity index (χ1v) is 7.36. The Balaban J connectivity index is 2.08. The fourth-order valence-electron chi connectivity index (χ4n) is 1.75. The number of alkyl halides is 2. The molecule has 0 aliphatic rings. The predicted octanol–water partition coefficient (Wildman–Crippen LogP) is 3.28. The van der Waals surface area contributed by atoms with Gasteiger partial charge in [-0.2, -0.15) is 8.78 Å². The summed E-state index contributed by atoms with van der Waals surface area (Å²) in [6.07, 6.45) is 1.60. The number of carbonyl (C=O) groups is 1. The lowest BCUT2D eigenvalue weighted by Gasteiger charge is -2.12. The number of urea groups is 1. The average Bonchev–Trinajstić information content (AvgIpc) is 2.92. The van der Waals surface area contributed by atoms with Crippen molar-refractivity contribution in [2.24, 2.45) is 0 Å². The summed E-state index contributed by atoms with van der Waals surface area (Å²) in [7, 11) is 0. The van der Waals surface area contributed by atoms with Gasteiger partial charge >= 0.3 is 12.6 Å². The SMILES string of the molecule is Cc1ncc(CNC(=O)Nc2cc([N+](=O)[O-])ccc2OC(F)F)s1. The van der Waals surface area contributed by atoms with Gasteiger partial charge in [-0.3, -0.25) is 10.1 Å². The maximum absolute atomic E-state index is 12.4. The minimum Gasteiger partial charge on any atom is -0.433 e. The molecule has 0 aliphatic heterocycles. The van der Waals surface area contributed by atoms with E-state index in [4.69, 9.17) is 0 Å². The molecule has 0 spiro atoms. The van der Waals surface area contributed by atoms with E-state index >= 15 is 0 Å². The Morgan fingerprint density at radius 1 is 1.50 bits per heavy atom. The highest BCUT2D eigenvalue weighted by atomic mass is 32.1.